The van der Waals surface area contributed by atoms with Gasteiger partial charge in [-0.25, -0.2) is 4.79 Å². The van der Waals surface area contributed by atoms with E-state index in [4.69, 9.17) is 9.47 Å². The molecule has 1 aromatic rings. The molecule has 0 aromatic carbocycles. The van der Waals surface area contributed by atoms with E-state index in [0.717, 1.165) is 11.3 Å². The number of hydrogen-bond acceptors (Lipinski definition) is 3. The number of methoxy groups -OCH3 is 1. The molecule has 0 aliphatic carbocycles. The summed E-state index contributed by atoms with van der Waals surface area (Å²) >= 11 is 0. The van der Waals surface area contributed by atoms with E-state index in [0.29, 0.717) is 18.9 Å². The van der Waals surface area contributed by atoms with Gasteiger partial charge in [0.15, 0.2) is 0 Å². The summed E-state index contributed by atoms with van der Waals surface area (Å²) in [6.07, 6.45) is 0. The van der Waals surface area contributed by atoms with Crippen LogP contribution in [-0.4, -0.2) is 24.3 Å². The number of rotatable bonds is 4. The highest BCUT2D eigenvalue weighted by Crippen LogP contribution is 2.15. The van der Waals surface area contributed by atoms with Crippen LogP contribution in [0.25, 0.3) is 0 Å². The Morgan fingerprint density at radius 3 is 2.73 bits per heavy atom. The number of esters is 1. The second kappa shape index (κ2) is 4.98. The van der Waals surface area contributed by atoms with Crippen molar-refractivity contribution in [1.82, 2.24) is 4.57 Å². The lowest BCUT2D eigenvalue weighted by Gasteiger charge is -2.04. The molecular weight excluding hydrogens is 194 g/mol. The molecule has 4 nitrogen and oxygen atoms in total. The Morgan fingerprint density at radius 2 is 2.20 bits per heavy atom. The SMILES string of the molecule is CCOC(=O)c1cc(COC)c(C)n1C. The molecule has 0 bridgehead atoms. The zero-order chi connectivity index (χ0) is 11.4. The zero-order valence-corrected chi connectivity index (χ0v) is 9.66. The fourth-order valence-electron chi connectivity index (χ4n) is 1.46. The molecule has 0 aliphatic rings. The highest BCUT2D eigenvalue weighted by atomic mass is 16.5. The summed E-state index contributed by atoms with van der Waals surface area (Å²) < 4.78 is 11.8. The van der Waals surface area contributed by atoms with Crippen molar-refractivity contribution in [2.75, 3.05) is 13.7 Å². The smallest absolute Gasteiger partial charge is 0.354 e. The number of nitrogens with zero attached hydrogens (tertiary/aromatic N) is 1. The second-order valence-electron chi connectivity index (χ2n) is 3.35. The molecule has 1 aromatic heterocycles. The summed E-state index contributed by atoms with van der Waals surface area (Å²) in [5.41, 5.74) is 2.62. The summed E-state index contributed by atoms with van der Waals surface area (Å²) in [6.45, 7) is 4.66. The lowest BCUT2D eigenvalue weighted by atomic mass is 10.2. The molecule has 1 rings (SSSR count). The van der Waals surface area contributed by atoms with Gasteiger partial charge < -0.3 is 14.0 Å². The lowest BCUT2D eigenvalue weighted by Crippen LogP contribution is -2.10. The molecular formula is C11H17NO3. The van der Waals surface area contributed by atoms with Crippen molar-refractivity contribution in [3.63, 3.8) is 0 Å². The van der Waals surface area contributed by atoms with E-state index < -0.39 is 0 Å². The fourth-order valence-corrected chi connectivity index (χ4v) is 1.46. The molecule has 0 radical (unpaired) electrons. The molecule has 0 N–H and O–H groups in total. The van der Waals surface area contributed by atoms with Gasteiger partial charge in [-0.15, -0.1) is 0 Å². The van der Waals surface area contributed by atoms with E-state index in [-0.39, 0.29) is 5.97 Å². The summed E-state index contributed by atoms with van der Waals surface area (Å²) in [4.78, 5) is 11.6. The summed E-state index contributed by atoms with van der Waals surface area (Å²) in [5.74, 6) is -0.287. The topological polar surface area (TPSA) is 40.5 Å². The summed E-state index contributed by atoms with van der Waals surface area (Å²) in [5, 5.41) is 0. The third-order valence-corrected chi connectivity index (χ3v) is 2.42. The van der Waals surface area contributed by atoms with Crippen LogP contribution in [0.1, 0.15) is 28.7 Å². The highest BCUT2D eigenvalue weighted by Gasteiger charge is 2.15. The van der Waals surface area contributed by atoms with E-state index in [1.165, 1.54) is 0 Å². The summed E-state index contributed by atoms with van der Waals surface area (Å²) in [7, 11) is 3.48. The molecule has 0 amide bonds. The quantitative estimate of drug-likeness (QED) is 0.711. The molecule has 0 aliphatic heterocycles. The Hall–Kier alpha value is -1.29. The van der Waals surface area contributed by atoms with Crippen LogP contribution in [0.4, 0.5) is 0 Å². The van der Waals surface area contributed by atoms with E-state index in [2.05, 4.69) is 0 Å². The van der Waals surface area contributed by atoms with E-state index in [1.807, 2.05) is 24.6 Å². The standard InChI is InChI=1S/C11H17NO3/c1-5-15-11(13)10-6-9(7-14-4)8(2)12(10)3/h6H,5,7H2,1-4H3. The van der Waals surface area contributed by atoms with E-state index >= 15 is 0 Å². The van der Waals surface area contributed by atoms with Gasteiger partial charge in [0, 0.05) is 19.9 Å². The summed E-state index contributed by atoms with van der Waals surface area (Å²) in [6, 6.07) is 1.82. The highest BCUT2D eigenvalue weighted by molar-refractivity contribution is 5.88. The molecule has 0 saturated heterocycles. The van der Waals surface area contributed by atoms with Gasteiger partial charge in [-0.1, -0.05) is 0 Å². The maximum atomic E-state index is 11.6. The Kier molecular flexibility index (Phi) is 3.91. The van der Waals surface area contributed by atoms with Crippen LogP contribution in [0.15, 0.2) is 6.07 Å². The molecule has 15 heavy (non-hydrogen) atoms. The average molecular weight is 211 g/mol. The molecule has 0 unspecified atom stereocenters. The van der Waals surface area contributed by atoms with Gasteiger partial charge in [0.25, 0.3) is 0 Å². The molecule has 84 valence electrons. The van der Waals surface area contributed by atoms with E-state index in [9.17, 15) is 4.79 Å². The zero-order valence-electron chi connectivity index (χ0n) is 9.66. The molecule has 0 atom stereocenters. The predicted octanol–water partition coefficient (Wildman–Crippen LogP) is 1.66. The van der Waals surface area contributed by atoms with Gasteiger partial charge >= 0.3 is 5.97 Å². The first-order chi connectivity index (χ1) is 7.11. The predicted molar refractivity (Wildman–Crippen MR) is 56.8 cm³/mol. The third-order valence-electron chi connectivity index (χ3n) is 2.42. The monoisotopic (exact) mass is 211 g/mol. The van der Waals surface area contributed by atoms with Crippen LogP contribution in [0.3, 0.4) is 0 Å². The Morgan fingerprint density at radius 1 is 1.53 bits per heavy atom. The Bertz CT molecular complexity index is 355. The molecule has 1 heterocycles. The minimum atomic E-state index is -0.287. The molecule has 0 saturated carbocycles. The minimum Gasteiger partial charge on any atom is -0.461 e. The van der Waals surface area contributed by atoms with Crippen molar-refractivity contribution in [3.8, 4) is 0 Å². The van der Waals surface area contributed by atoms with Crippen LogP contribution >= 0.6 is 0 Å². The van der Waals surface area contributed by atoms with Gasteiger partial charge in [-0.3, -0.25) is 0 Å². The number of carbonyl (C=O) groups is 1. The van der Waals surface area contributed by atoms with Crippen molar-refractivity contribution in [2.45, 2.75) is 20.5 Å². The first-order valence-electron chi connectivity index (χ1n) is 4.93. The largest absolute Gasteiger partial charge is 0.461 e. The van der Waals surface area contributed by atoms with Gasteiger partial charge in [0.2, 0.25) is 0 Å². The van der Waals surface area contributed by atoms with Crippen LogP contribution in [-0.2, 0) is 23.1 Å². The van der Waals surface area contributed by atoms with Crippen molar-refractivity contribution in [1.29, 1.82) is 0 Å². The van der Waals surface area contributed by atoms with Crippen LogP contribution in [0.2, 0.25) is 0 Å². The van der Waals surface area contributed by atoms with Gasteiger partial charge in [0.1, 0.15) is 5.69 Å². The van der Waals surface area contributed by atoms with Crippen LogP contribution in [0, 0.1) is 6.92 Å². The van der Waals surface area contributed by atoms with Gasteiger partial charge in [-0.2, -0.15) is 0 Å². The molecule has 0 spiro atoms. The molecule has 0 fully saturated rings. The number of aromatic nitrogens is 1. The maximum absolute atomic E-state index is 11.6. The van der Waals surface area contributed by atoms with Gasteiger partial charge in [-0.05, 0) is 25.5 Å². The number of carbonyl (C=O) groups excluding carboxylic acids is 1. The lowest BCUT2D eigenvalue weighted by molar-refractivity contribution is 0.0515. The number of ether oxygens (including phenoxy) is 2. The van der Waals surface area contributed by atoms with Crippen molar-refractivity contribution < 1.29 is 14.3 Å². The van der Waals surface area contributed by atoms with Crippen molar-refractivity contribution in [3.05, 3.63) is 23.0 Å². The van der Waals surface area contributed by atoms with Crippen LogP contribution in [0.5, 0.6) is 0 Å². The third kappa shape index (κ3) is 2.39. The van der Waals surface area contributed by atoms with Gasteiger partial charge in [0.05, 0.1) is 13.2 Å². The number of hydrogen-bond donors (Lipinski definition) is 0. The van der Waals surface area contributed by atoms with Crippen molar-refractivity contribution in [2.24, 2.45) is 7.05 Å². The van der Waals surface area contributed by atoms with Crippen LogP contribution < -0.4 is 0 Å². The van der Waals surface area contributed by atoms with E-state index in [1.54, 1.807) is 14.0 Å². The fraction of sp³-hybridized carbons (Fsp3) is 0.545. The normalized spacial score (nSPS) is 10.4. The first kappa shape index (κ1) is 11.8. The Balaban J connectivity index is 2.99. The maximum Gasteiger partial charge on any atom is 0.354 e. The minimum absolute atomic E-state index is 0.287. The van der Waals surface area contributed by atoms with Crippen molar-refractivity contribution >= 4 is 5.97 Å². The molecule has 4 heteroatoms. The Labute approximate surface area is 89.8 Å². The first-order valence-corrected chi connectivity index (χ1v) is 4.93. The second-order valence-corrected chi connectivity index (χ2v) is 3.35. The average Bonchev–Trinajstić information content (AvgIpc) is 2.47.